The lowest BCUT2D eigenvalue weighted by Crippen LogP contribution is -2.55. The van der Waals surface area contributed by atoms with Crippen LogP contribution >= 0.6 is 0 Å². The largest absolute Gasteiger partial charge is 0.481 e. The van der Waals surface area contributed by atoms with Crippen LogP contribution in [-0.4, -0.2) is 54.4 Å². The van der Waals surface area contributed by atoms with Gasteiger partial charge in [-0.1, -0.05) is 20.8 Å². The first kappa shape index (κ1) is 15.9. The van der Waals surface area contributed by atoms with Gasteiger partial charge in [-0.15, -0.1) is 0 Å². The Hall–Kier alpha value is -1.11. The van der Waals surface area contributed by atoms with Crippen LogP contribution in [0.3, 0.4) is 0 Å². The number of carbonyl (C=O) groups excluding carboxylic acids is 1. The predicted molar refractivity (Wildman–Crippen MR) is 70.5 cm³/mol. The van der Waals surface area contributed by atoms with Crippen molar-refractivity contribution in [3.8, 4) is 0 Å². The van der Waals surface area contributed by atoms with E-state index in [2.05, 4.69) is 0 Å². The first-order valence-corrected chi connectivity index (χ1v) is 8.14. The molecule has 1 fully saturated rings. The number of nitrogens with zero attached hydrogens (tertiary/aromatic N) is 1. The number of hydrogen-bond acceptors (Lipinski definition) is 4. The Morgan fingerprint density at radius 1 is 1.37 bits per heavy atom. The van der Waals surface area contributed by atoms with E-state index in [1.165, 1.54) is 4.90 Å². The Balaban J connectivity index is 2.97. The van der Waals surface area contributed by atoms with Crippen molar-refractivity contribution in [2.75, 3.05) is 18.1 Å². The molecule has 1 atom stereocenters. The molecule has 6 nitrogen and oxygen atoms in total. The van der Waals surface area contributed by atoms with E-state index in [4.69, 9.17) is 5.11 Å². The minimum Gasteiger partial charge on any atom is -0.481 e. The van der Waals surface area contributed by atoms with Crippen LogP contribution < -0.4 is 0 Å². The Labute approximate surface area is 113 Å². The van der Waals surface area contributed by atoms with E-state index in [0.29, 0.717) is 6.42 Å². The minimum atomic E-state index is -3.25. The van der Waals surface area contributed by atoms with E-state index >= 15 is 0 Å². The number of amides is 1. The van der Waals surface area contributed by atoms with Gasteiger partial charge in [-0.05, 0) is 6.42 Å². The van der Waals surface area contributed by atoms with Crippen LogP contribution in [0.5, 0.6) is 0 Å². The predicted octanol–water partition coefficient (Wildman–Crippen LogP) is 0.523. The van der Waals surface area contributed by atoms with Gasteiger partial charge in [0.25, 0.3) is 0 Å². The lowest BCUT2D eigenvalue weighted by atomic mass is 9.88. The van der Waals surface area contributed by atoms with Gasteiger partial charge in [0.05, 0.1) is 24.0 Å². The molecule has 1 aliphatic heterocycles. The van der Waals surface area contributed by atoms with Crippen LogP contribution in [0.15, 0.2) is 0 Å². The number of aliphatic carboxylic acids is 1. The molecular formula is C12H21NO5S. The first-order chi connectivity index (χ1) is 8.59. The Morgan fingerprint density at radius 2 is 1.95 bits per heavy atom. The highest BCUT2D eigenvalue weighted by Gasteiger charge is 2.40. The second kappa shape index (κ2) is 5.48. The monoisotopic (exact) mass is 291 g/mol. The Morgan fingerprint density at radius 3 is 2.42 bits per heavy atom. The van der Waals surface area contributed by atoms with E-state index < -0.39 is 27.3 Å². The number of hydrogen-bond donors (Lipinski definition) is 1. The number of sulfone groups is 1. The fourth-order valence-corrected chi connectivity index (χ4v) is 3.59. The van der Waals surface area contributed by atoms with Crippen molar-refractivity contribution in [2.24, 2.45) is 5.41 Å². The fraction of sp³-hybridized carbons (Fsp3) is 0.833. The third-order valence-corrected chi connectivity index (χ3v) is 5.36. The van der Waals surface area contributed by atoms with Crippen molar-refractivity contribution in [1.82, 2.24) is 4.90 Å². The van der Waals surface area contributed by atoms with Crippen molar-refractivity contribution in [2.45, 2.75) is 39.7 Å². The van der Waals surface area contributed by atoms with Crippen LogP contribution in [0.25, 0.3) is 0 Å². The van der Waals surface area contributed by atoms with E-state index in [0.717, 1.165) is 0 Å². The van der Waals surface area contributed by atoms with E-state index in [-0.39, 0.29) is 30.4 Å². The molecule has 0 saturated carbocycles. The molecule has 1 saturated heterocycles. The van der Waals surface area contributed by atoms with E-state index in [1.807, 2.05) is 6.92 Å². The van der Waals surface area contributed by atoms with Crippen LogP contribution in [-0.2, 0) is 19.4 Å². The molecule has 0 aromatic heterocycles. The molecule has 1 aliphatic rings. The molecule has 1 rings (SSSR count). The zero-order chi connectivity index (χ0) is 14.8. The maximum atomic E-state index is 12.4. The Kier molecular flexibility index (Phi) is 4.60. The molecular weight excluding hydrogens is 270 g/mol. The van der Waals surface area contributed by atoms with Gasteiger partial charge < -0.3 is 10.0 Å². The molecule has 1 N–H and O–H groups in total. The summed E-state index contributed by atoms with van der Waals surface area (Å²) < 4.78 is 23.2. The fourth-order valence-electron chi connectivity index (χ4n) is 2.06. The number of rotatable bonds is 4. The first-order valence-electron chi connectivity index (χ1n) is 6.32. The molecule has 19 heavy (non-hydrogen) atoms. The average Bonchev–Trinajstić information content (AvgIpc) is 2.26. The average molecular weight is 291 g/mol. The molecule has 0 spiro atoms. The summed E-state index contributed by atoms with van der Waals surface area (Å²) in [5.74, 6) is -1.61. The van der Waals surface area contributed by atoms with E-state index in [9.17, 15) is 18.0 Å². The molecule has 0 aromatic rings. The molecule has 0 radical (unpaired) electrons. The summed E-state index contributed by atoms with van der Waals surface area (Å²) >= 11 is 0. The van der Waals surface area contributed by atoms with Crippen LogP contribution in [0.4, 0.5) is 0 Å². The molecule has 1 heterocycles. The quantitative estimate of drug-likeness (QED) is 0.815. The van der Waals surface area contributed by atoms with Gasteiger partial charge in [0, 0.05) is 12.0 Å². The molecule has 1 amide bonds. The number of carbonyl (C=O) groups is 2. The summed E-state index contributed by atoms with van der Waals surface area (Å²) in [6.07, 6.45) is 0.291. The lowest BCUT2D eigenvalue weighted by Gasteiger charge is -2.39. The van der Waals surface area contributed by atoms with Gasteiger partial charge in [0.1, 0.15) is 0 Å². The van der Waals surface area contributed by atoms with E-state index in [1.54, 1.807) is 13.8 Å². The maximum absolute atomic E-state index is 12.4. The topological polar surface area (TPSA) is 91.8 Å². The molecule has 0 bridgehead atoms. The third kappa shape index (κ3) is 3.92. The zero-order valence-corrected chi connectivity index (χ0v) is 12.4. The molecule has 7 heteroatoms. The van der Waals surface area contributed by atoms with Crippen molar-refractivity contribution < 1.29 is 23.1 Å². The third-order valence-electron chi connectivity index (χ3n) is 3.66. The van der Waals surface area contributed by atoms with Crippen molar-refractivity contribution in [3.05, 3.63) is 0 Å². The van der Waals surface area contributed by atoms with Gasteiger partial charge in [0.15, 0.2) is 9.84 Å². The second-order valence-corrected chi connectivity index (χ2v) is 7.83. The van der Waals surface area contributed by atoms with Gasteiger partial charge in [0.2, 0.25) is 5.91 Å². The molecule has 1 unspecified atom stereocenters. The summed E-state index contributed by atoms with van der Waals surface area (Å²) in [6.45, 7) is 5.54. The summed E-state index contributed by atoms with van der Waals surface area (Å²) in [4.78, 5) is 24.7. The lowest BCUT2D eigenvalue weighted by molar-refractivity contribution is -0.145. The maximum Gasteiger partial charge on any atom is 0.305 e. The van der Waals surface area contributed by atoms with Crippen LogP contribution in [0.1, 0.15) is 33.6 Å². The van der Waals surface area contributed by atoms with Gasteiger partial charge in [-0.3, -0.25) is 9.59 Å². The Bertz CT molecular complexity index is 469. The number of carboxylic acid groups (broad SMARTS) is 1. The van der Waals surface area contributed by atoms with Gasteiger partial charge in [-0.25, -0.2) is 8.42 Å². The minimum absolute atomic E-state index is 0.0859. The summed E-state index contributed by atoms with van der Waals surface area (Å²) in [5, 5.41) is 8.86. The highest BCUT2D eigenvalue weighted by atomic mass is 32.2. The standard InChI is InChI=1S/C12H21NO5S/c1-4-12(2,3)11(16)13-5-6-19(17,18)8-9(13)7-10(14)15/h9H,4-8H2,1-3H3,(H,14,15). The zero-order valence-electron chi connectivity index (χ0n) is 11.5. The SMILES string of the molecule is CCC(C)(C)C(=O)N1CCS(=O)(=O)CC1CC(=O)O. The highest BCUT2D eigenvalue weighted by Crippen LogP contribution is 2.27. The number of carboxylic acids is 1. The van der Waals surface area contributed by atoms with Crippen molar-refractivity contribution >= 4 is 21.7 Å². The van der Waals surface area contributed by atoms with Crippen LogP contribution in [0, 0.1) is 5.41 Å². The molecule has 0 aliphatic carbocycles. The van der Waals surface area contributed by atoms with Gasteiger partial charge >= 0.3 is 5.97 Å². The summed E-state index contributed by atoms with van der Waals surface area (Å²) in [7, 11) is -3.25. The normalized spacial score (nSPS) is 23.1. The molecule has 110 valence electrons. The summed E-state index contributed by atoms with van der Waals surface area (Å²) in [6, 6.07) is -0.755. The highest BCUT2D eigenvalue weighted by molar-refractivity contribution is 7.91. The summed E-state index contributed by atoms with van der Waals surface area (Å²) in [5.41, 5.74) is -0.599. The smallest absolute Gasteiger partial charge is 0.305 e. The second-order valence-electron chi connectivity index (χ2n) is 5.60. The van der Waals surface area contributed by atoms with Crippen molar-refractivity contribution in [3.63, 3.8) is 0 Å². The van der Waals surface area contributed by atoms with Gasteiger partial charge in [-0.2, -0.15) is 0 Å². The van der Waals surface area contributed by atoms with Crippen molar-refractivity contribution in [1.29, 1.82) is 0 Å². The van der Waals surface area contributed by atoms with Crippen LogP contribution in [0.2, 0.25) is 0 Å². The molecule has 0 aromatic carbocycles.